The molecular formula is C40H53Cl3F4N6O9S3. The third-order valence-corrected chi connectivity index (χ3v) is 15.5. The van der Waals surface area contributed by atoms with Gasteiger partial charge in [-0.2, -0.15) is 17.6 Å². The van der Waals surface area contributed by atoms with Crippen LogP contribution >= 0.6 is 34.8 Å². The van der Waals surface area contributed by atoms with E-state index in [2.05, 4.69) is 9.97 Å². The molecule has 25 heteroatoms. The number of nitrogen functional groups attached to an aromatic ring is 1. The van der Waals surface area contributed by atoms with Crippen LogP contribution in [0, 0.1) is 0 Å². The van der Waals surface area contributed by atoms with Crippen LogP contribution in [0.15, 0.2) is 59.9 Å². The number of anilines is 1. The summed E-state index contributed by atoms with van der Waals surface area (Å²) in [6.07, 6.45) is 0. The molecule has 2 aromatic heterocycles. The van der Waals surface area contributed by atoms with Crippen molar-refractivity contribution >= 4 is 92.2 Å². The first kappa shape index (κ1) is 55.8. The maximum absolute atomic E-state index is 14.3. The zero-order valence-electron chi connectivity index (χ0n) is 37.7. The third kappa shape index (κ3) is 12.7. The first-order chi connectivity index (χ1) is 29.3. The molecule has 0 saturated carbocycles. The second-order valence-electron chi connectivity index (χ2n) is 17.7. The Hall–Kier alpha value is -3.48. The van der Waals surface area contributed by atoms with Gasteiger partial charge in [0.15, 0.2) is 26.8 Å². The van der Waals surface area contributed by atoms with Gasteiger partial charge in [-0.15, -0.1) is 0 Å². The molecule has 3 N–H and O–H groups in total. The minimum Gasteiger partial charge on any atom is -0.504 e. The number of benzene rings is 3. The van der Waals surface area contributed by atoms with Crippen LogP contribution in [0.4, 0.5) is 23.2 Å². The van der Waals surface area contributed by atoms with Crippen molar-refractivity contribution in [3.8, 4) is 5.75 Å². The maximum atomic E-state index is 14.3. The van der Waals surface area contributed by atoms with Crippen LogP contribution in [0.5, 0.6) is 5.75 Å². The summed E-state index contributed by atoms with van der Waals surface area (Å²) in [7, 11) is -4.81. The van der Waals surface area contributed by atoms with Crippen LogP contribution in [0.3, 0.4) is 0 Å². The zero-order chi connectivity index (χ0) is 50.2. The predicted octanol–water partition coefficient (Wildman–Crippen LogP) is 8.38. The van der Waals surface area contributed by atoms with E-state index in [9.17, 15) is 47.9 Å². The van der Waals surface area contributed by atoms with Crippen LogP contribution in [-0.2, 0) is 40.3 Å². The molecule has 0 bridgehead atoms. The topological polar surface area (TPSA) is 210 Å². The number of nitrogens with two attached hydrogens (primary N) is 1. The van der Waals surface area contributed by atoms with Gasteiger partial charge in [0.1, 0.15) is 25.7 Å². The fourth-order valence-corrected chi connectivity index (χ4v) is 11.4. The second kappa shape index (κ2) is 20.0. The van der Waals surface area contributed by atoms with Gasteiger partial charge in [0, 0.05) is 17.4 Å². The lowest BCUT2D eigenvalue weighted by atomic mass is 9.97. The summed E-state index contributed by atoms with van der Waals surface area (Å²) < 4.78 is 142. The summed E-state index contributed by atoms with van der Waals surface area (Å²) in [5.41, 5.74) is 4.82. The van der Waals surface area contributed by atoms with Gasteiger partial charge in [0.25, 0.3) is 0 Å². The van der Waals surface area contributed by atoms with Crippen molar-refractivity contribution in [2.45, 2.75) is 77.6 Å². The first-order valence-corrected chi connectivity index (χ1v) is 24.9. The molecule has 0 unspecified atom stereocenters. The molecule has 5 aromatic rings. The number of aromatic hydroxyl groups is 1. The highest BCUT2D eigenvalue weighted by Gasteiger charge is 2.50. The fraction of sp³-hybridized carbons (Fsp3) is 0.500. The maximum Gasteiger partial charge on any atom is 0.362 e. The van der Waals surface area contributed by atoms with Gasteiger partial charge in [-0.05, 0) is 78.7 Å². The molecule has 0 saturated heterocycles. The van der Waals surface area contributed by atoms with Crippen molar-refractivity contribution in [2.24, 2.45) is 0 Å². The van der Waals surface area contributed by atoms with Crippen LogP contribution in [0.2, 0.25) is 15.1 Å². The molecule has 0 radical (unpaired) electrons. The van der Waals surface area contributed by atoms with Crippen molar-refractivity contribution in [3.05, 3.63) is 63.2 Å². The van der Waals surface area contributed by atoms with Gasteiger partial charge >= 0.3 is 10.5 Å². The quantitative estimate of drug-likeness (QED) is 0.0683. The van der Waals surface area contributed by atoms with E-state index in [1.807, 2.05) is 60.5 Å². The van der Waals surface area contributed by atoms with Crippen molar-refractivity contribution in [3.63, 3.8) is 0 Å². The van der Waals surface area contributed by atoms with E-state index in [1.165, 1.54) is 40.3 Å². The predicted molar refractivity (Wildman–Crippen MR) is 245 cm³/mol. The Labute approximate surface area is 391 Å². The number of rotatable bonds is 12. The van der Waals surface area contributed by atoms with Gasteiger partial charge in [0.2, 0.25) is 31.5 Å². The molecule has 2 heterocycles. The number of sulfone groups is 3. The average Bonchev–Trinajstić information content (AvgIpc) is 3.77. The Morgan fingerprint density at radius 2 is 0.954 bits per heavy atom. The number of nitrogens with zero attached hydrogens (tertiary/aromatic N) is 5. The van der Waals surface area contributed by atoms with Crippen molar-refractivity contribution < 1.29 is 56.8 Å². The number of fused-ring (bicyclic) bond motifs is 2. The summed E-state index contributed by atoms with van der Waals surface area (Å²) in [4.78, 5) is 10.8. The molecule has 3 aromatic carbocycles. The van der Waals surface area contributed by atoms with E-state index in [-0.39, 0.29) is 54.4 Å². The van der Waals surface area contributed by atoms with E-state index < -0.39 is 79.1 Å². The Morgan fingerprint density at radius 1 is 0.600 bits per heavy atom. The number of phenols is 1. The van der Waals surface area contributed by atoms with Gasteiger partial charge in [-0.3, -0.25) is 0 Å². The Kier molecular flexibility index (Phi) is 17.2. The largest absolute Gasteiger partial charge is 0.504 e. The highest BCUT2D eigenvalue weighted by atomic mass is 35.5. The van der Waals surface area contributed by atoms with Crippen LogP contribution in [0.25, 0.3) is 22.2 Å². The van der Waals surface area contributed by atoms with Gasteiger partial charge < -0.3 is 34.4 Å². The van der Waals surface area contributed by atoms with Crippen LogP contribution in [0.1, 0.15) is 53.3 Å². The summed E-state index contributed by atoms with van der Waals surface area (Å²) in [6, 6.07) is 8.08. The van der Waals surface area contributed by atoms with Crippen LogP contribution < -0.4 is 5.73 Å². The fourth-order valence-electron chi connectivity index (χ4n) is 5.50. The highest BCUT2D eigenvalue weighted by molar-refractivity contribution is 7.93. The summed E-state index contributed by atoms with van der Waals surface area (Å²) >= 11 is 17.7. The molecule has 5 rings (SSSR count). The summed E-state index contributed by atoms with van der Waals surface area (Å²) in [5, 5.41) is 0.784. The van der Waals surface area contributed by atoms with E-state index in [4.69, 9.17) is 49.4 Å². The lowest BCUT2D eigenvalue weighted by Gasteiger charge is -2.22. The number of aromatic nitrogens is 2. The number of hydrogen-bond donors (Lipinski definition) is 2. The minimum absolute atomic E-state index is 0.0234. The Balaban J connectivity index is 0.000000261. The molecule has 0 amide bonds. The van der Waals surface area contributed by atoms with Gasteiger partial charge in [0.05, 0.1) is 39.6 Å². The van der Waals surface area contributed by atoms with Gasteiger partial charge in [-0.1, -0.05) is 76.3 Å². The average molecular weight is 1040 g/mol. The SMILES string of the molecule is CN(C)CC(F)(F)S(=O)(=O)c1c(Cl)ccc(N)c1O.CN(C)CC(F)(F)S(=O)(=O)c1c(Cl)ccc2nc(C(C)(C)C)oc12.CN(C)CCS(=O)(=O)c1c(Cl)ccc2nc(C(C)(C)C)oc12. The molecule has 0 aliphatic rings. The van der Waals surface area contributed by atoms with Gasteiger partial charge in [-0.25, -0.2) is 35.2 Å². The molecule has 65 heavy (non-hydrogen) atoms. The molecule has 0 fully saturated rings. The van der Waals surface area contributed by atoms with Crippen LogP contribution in [-0.4, -0.2) is 133 Å². The normalized spacial score (nSPS) is 13.4. The van der Waals surface area contributed by atoms with Crippen molar-refractivity contribution in [2.75, 3.05) is 73.4 Å². The summed E-state index contributed by atoms with van der Waals surface area (Å²) in [5.74, 6) is -0.253. The van der Waals surface area contributed by atoms with Crippen molar-refractivity contribution in [1.29, 1.82) is 0 Å². The number of hydrogen-bond acceptors (Lipinski definition) is 15. The monoisotopic (exact) mass is 1040 g/mol. The second-order valence-corrected chi connectivity index (χ2v) is 25.0. The highest BCUT2D eigenvalue weighted by Crippen LogP contribution is 2.43. The molecule has 0 spiro atoms. The number of oxazole rings is 2. The Morgan fingerprint density at radius 3 is 1.34 bits per heavy atom. The number of phenolic OH excluding ortho intramolecular Hbond substituents is 1. The van der Waals surface area contributed by atoms with Crippen molar-refractivity contribution in [1.82, 2.24) is 24.7 Å². The van der Waals surface area contributed by atoms with E-state index in [1.54, 1.807) is 12.1 Å². The standard InChI is InChI=1S/C15H19ClF2N2O3S.C15H21ClN2O3S.C10H13ClF2N2O3S/c1-14(2,3)13-19-10-7-6-9(16)12(11(10)23-13)24(21,22)15(17,18)8-20(4)5;1-15(2,3)14-17-11-7-6-10(16)13(12(11)21-14)22(19,20)9-8-18(4)5;1-15(2)5-10(12,13)19(17,18)9-6(11)3-4-7(14)8(9)16/h6-7H,8H2,1-5H3;6-7H,8-9H2,1-5H3;3-4,16H,5,14H2,1-2H3. The molecule has 0 atom stereocenters. The Bertz CT molecular complexity index is 2860. The van der Waals surface area contributed by atoms with E-state index in [0.29, 0.717) is 18.0 Å². The molecule has 0 aliphatic carbocycles. The molecular weight excluding hydrogens is 987 g/mol. The third-order valence-electron chi connectivity index (χ3n) is 8.77. The van der Waals surface area contributed by atoms with E-state index >= 15 is 0 Å². The summed E-state index contributed by atoms with van der Waals surface area (Å²) in [6.45, 7) is 9.71. The molecule has 364 valence electrons. The molecule has 15 nitrogen and oxygen atoms in total. The first-order valence-electron chi connectivity index (χ1n) is 19.2. The van der Waals surface area contributed by atoms with E-state index in [0.717, 1.165) is 21.9 Å². The number of halogens is 7. The smallest absolute Gasteiger partial charge is 0.362 e. The lowest BCUT2D eigenvalue weighted by Crippen LogP contribution is -2.39. The number of alkyl halides is 4. The lowest BCUT2D eigenvalue weighted by molar-refractivity contribution is 0.0609. The minimum atomic E-state index is -5.15. The zero-order valence-corrected chi connectivity index (χ0v) is 42.4. The molecule has 0 aliphatic heterocycles.